The average molecular weight is 381 g/mol. The Kier molecular flexibility index (Phi) is 7.42. The van der Waals surface area contributed by atoms with E-state index in [4.69, 9.17) is 0 Å². The van der Waals surface area contributed by atoms with Crippen molar-refractivity contribution < 1.29 is 24.2 Å². The van der Waals surface area contributed by atoms with Crippen molar-refractivity contribution in [1.29, 1.82) is 0 Å². The van der Waals surface area contributed by atoms with Crippen molar-refractivity contribution in [2.75, 3.05) is 18.9 Å². The van der Waals surface area contributed by atoms with Gasteiger partial charge in [0.05, 0.1) is 0 Å². The number of likely N-dealkylation sites (tertiary alicyclic amines) is 1. The van der Waals surface area contributed by atoms with Crippen LogP contribution in [0.2, 0.25) is 0 Å². The molecule has 0 bridgehead atoms. The van der Waals surface area contributed by atoms with Gasteiger partial charge in [-0.15, -0.1) is 0 Å². The van der Waals surface area contributed by atoms with Crippen LogP contribution in [0.5, 0.6) is 0 Å². The predicted molar refractivity (Wildman–Crippen MR) is 100 cm³/mol. The van der Waals surface area contributed by atoms with Crippen LogP contribution in [0.3, 0.4) is 0 Å². The van der Waals surface area contributed by atoms with Gasteiger partial charge >= 0.3 is 5.97 Å². The number of aryl methyl sites for hydroxylation is 1. The number of carbonyl (C=O) groups excluding carboxylic acids is 1. The molecule has 2 N–H and O–H groups in total. The molecule has 1 unspecified atom stereocenters. The maximum atomic E-state index is 12.5. The lowest BCUT2D eigenvalue weighted by molar-refractivity contribution is -0.149. The van der Waals surface area contributed by atoms with E-state index >= 15 is 0 Å². The Labute approximate surface area is 154 Å². The third kappa shape index (κ3) is 5.96. The summed E-state index contributed by atoms with van der Waals surface area (Å²) < 4.78 is 12.4. The zero-order valence-electron chi connectivity index (χ0n) is 15.2. The van der Waals surface area contributed by atoms with E-state index in [1.165, 1.54) is 10.5 Å². The van der Waals surface area contributed by atoms with Crippen LogP contribution in [0.15, 0.2) is 30.3 Å². The number of rotatable bonds is 9. The van der Waals surface area contributed by atoms with E-state index in [0.29, 0.717) is 25.8 Å². The smallest absolute Gasteiger partial charge is 0.326 e. The van der Waals surface area contributed by atoms with E-state index < -0.39 is 25.3 Å². The van der Waals surface area contributed by atoms with E-state index in [1.54, 1.807) is 6.92 Å². The van der Waals surface area contributed by atoms with Crippen LogP contribution in [0, 0.1) is 5.92 Å². The fourth-order valence-corrected chi connectivity index (χ4v) is 5.41. The largest absolute Gasteiger partial charge is 0.480 e. The van der Waals surface area contributed by atoms with E-state index in [9.17, 15) is 24.2 Å². The van der Waals surface area contributed by atoms with E-state index in [0.717, 1.165) is 12.8 Å². The highest BCUT2D eigenvalue weighted by molar-refractivity contribution is 7.58. The molecule has 3 atom stereocenters. The Morgan fingerprint density at radius 3 is 2.62 bits per heavy atom. The van der Waals surface area contributed by atoms with Crippen LogP contribution in [0.1, 0.15) is 38.2 Å². The molecule has 1 amide bonds. The lowest BCUT2D eigenvalue weighted by atomic mass is 10.1. The number of aliphatic carboxylic acids is 1. The van der Waals surface area contributed by atoms with Gasteiger partial charge < -0.3 is 14.9 Å². The molecule has 1 saturated heterocycles. The standard InChI is InChI=1S/C19H28NO5P/c1-15(18(21)20-12-7-11-17(20)19(22)23)14-26(24,25)13-6-5-10-16-8-3-2-4-9-16/h2-4,8-9,15,17H,5-7,10-14H2,1H3,(H,22,23)(H,24,25)/t15-,17+/m1/s1. The zero-order valence-corrected chi connectivity index (χ0v) is 16.1. The van der Waals surface area contributed by atoms with Crippen LogP contribution in [-0.2, 0) is 20.6 Å². The molecule has 6 nitrogen and oxygen atoms in total. The molecule has 0 aliphatic carbocycles. The molecule has 0 aromatic heterocycles. The van der Waals surface area contributed by atoms with Crippen molar-refractivity contribution in [1.82, 2.24) is 4.90 Å². The van der Waals surface area contributed by atoms with Gasteiger partial charge in [-0.2, -0.15) is 0 Å². The Hall–Kier alpha value is -1.65. The Morgan fingerprint density at radius 2 is 1.96 bits per heavy atom. The molecule has 26 heavy (non-hydrogen) atoms. The van der Waals surface area contributed by atoms with E-state index in [-0.39, 0.29) is 18.2 Å². The second-order valence-electron chi connectivity index (χ2n) is 7.12. The summed E-state index contributed by atoms with van der Waals surface area (Å²) in [4.78, 5) is 35.3. The van der Waals surface area contributed by atoms with Gasteiger partial charge in [0.2, 0.25) is 13.3 Å². The number of benzene rings is 1. The van der Waals surface area contributed by atoms with Gasteiger partial charge in [-0.3, -0.25) is 9.36 Å². The van der Waals surface area contributed by atoms with Crippen molar-refractivity contribution in [2.45, 2.75) is 45.1 Å². The molecule has 1 heterocycles. The highest BCUT2D eigenvalue weighted by atomic mass is 31.2. The maximum Gasteiger partial charge on any atom is 0.326 e. The number of carboxylic acid groups (broad SMARTS) is 1. The monoisotopic (exact) mass is 381 g/mol. The van der Waals surface area contributed by atoms with Gasteiger partial charge in [0.25, 0.3) is 0 Å². The minimum Gasteiger partial charge on any atom is -0.480 e. The van der Waals surface area contributed by atoms with Gasteiger partial charge in [0, 0.05) is 24.8 Å². The third-order valence-electron chi connectivity index (χ3n) is 4.87. The maximum absolute atomic E-state index is 12.5. The summed E-state index contributed by atoms with van der Waals surface area (Å²) in [5, 5.41) is 9.19. The number of carbonyl (C=O) groups is 2. The molecule has 0 saturated carbocycles. The number of nitrogens with zero attached hydrogens (tertiary/aromatic N) is 1. The minimum atomic E-state index is -3.40. The third-order valence-corrected chi connectivity index (χ3v) is 7.00. The Morgan fingerprint density at radius 1 is 1.27 bits per heavy atom. The molecule has 0 spiro atoms. The molecule has 1 aromatic carbocycles. The number of hydrogen-bond donors (Lipinski definition) is 2. The van der Waals surface area contributed by atoms with Gasteiger partial charge in [0.15, 0.2) is 0 Å². The number of hydrogen-bond acceptors (Lipinski definition) is 3. The number of unbranched alkanes of at least 4 members (excludes halogenated alkanes) is 1. The average Bonchev–Trinajstić information content (AvgIpc) is 3.08. The molecule has 1 aliphatic heterocycles. The fraction of sp³-hybridized carbons (Fsp3) is 0.579. The van der Waals surface area contributed by atoms with Gasteiger partial charge in [-0.1, -0.05) is 37.3 Å². The van der Waals surface area contributed by atoms with Crippen molar-refractivity contribution in [3.8, 4) is 0 Å². The molecule has 2 rings (SSSR count). The highest BCUT2D eigenvalue weighted by Gasteiger charge is 2.37. The topological polar surface area (TPSA) is 94.9 Å². The molecule has 7 heteroatoms. The van der Waals surface area contributed by atoms with E-state index in [1.807, 2.05) is 30.3 Å². The number of carboxylic acids is 1. The van der Waals surface area contributed by atoms with Crippen LogP contribution in [0.4, 0.5) is 0 Å². The summed E-state index contributed by atoms with van der Waals surface area (Å²) in [7, 11) is -3.40. The summed E-state index contributed by atoms with van der Waals surface area (Å²) in [5.41, 5.74) is 1.21. The molecule has 0 radical (unpaired) electrons. The van der Waals surface area contributed by atoms with Gasteiger partial charge in [0.1, 0.15) is 6.04 Å². The molecule has 1 aliphatic rings. The van der Waals surface area contributed by atoms with Crippen LogP contribution in [0.25, 0.3) is 0 Å². The van der Waals surface area contributed by atoms with Crippen molar-refractivity contribution in [3.63, 3.8) is 0 Å². The normalized spacial score (nSPS) is 20.5. The SMILES string of the molecule is C[C@H](CP(=O)(O)CCCCc1ccccc1)C(=O)N1CCC[C@H]1C(=O)O. The molecular weight excluding hydrogens is 353 g/mol. The van der Waals surface area contributed by atoms with Crippen molar-refractivity contribution >= 4 is 19.2 Å². The lowest BCUT2D eigenvalue weighted by Gasteiger charge is -2.26. The second kappa shape index (κ2) is 9.33. The highest BCUT2D eigenvalue weighted by Crippen LogP contribution is 2.44. The summed E-state index contributed by atoms with van der Waals surface area (Å²) in [6, 6.07) is 9.18. The first-order valence-corrected chi connectivity index (χ1v) is 11.2. The van der Waals surface area contributed by atoms with E-state index in [2.05, 4.69) is 0 Å². The predicted octanol–water partition coefficient (Wildman–Crippen LogP) is 2.99. The zero-order chi connectivity index (χ0) is 19.2. The first kappa shape index (κ1) is 20.7. The lowest BCUT2D eigenvalue weighted by Crippen LogP contribution is -2.43. The van der Waals surface area contributed by atoms with Crippen molar-refractivity contribution in [2.24, 2.45) is 5.92 Å². The van der Waals surface area contributed by atoms with Crippen LogP contribution < -0.4 is 0 Å². The van der Waals surface area contributed by atoms with Crippen molar-refractivity contribution in [3.05, 3.63) is 35.9 Å². The first-order chi connectivity index (χ1) is 12.3. The molecule has 1 fully saturated rings. The summed E-state index contributed by atoms with van der Waals surface area (Å²) in [5.74, 6) is -1.97. The molecular formula is C19H28NO5P. The number of amides is 1. The molecule has 144 valence electrons. The Balaban J connectivity index is 1.79. The first-order valence-electron chi connectivity index (χ1n) is 9.18. The molecule has 1 aromatic rings. The van der Waals surface area contributed by atoms with Gasteiger partial charge in [-0.25, -0.2) is 4.79 Å². The Bertz CT molecular complexity index is 663. The van der Waals surface area contributed by atoms with Gasteiger partial charge in [-0.05, 0) is 37.7 Å². The summed E-state index contributed by atoms with van der Waals surface area (Å²) in [6.45, 7) is 2.03. The quantitative estimate of drug-likeness (QED) is 0.506. The fourth-order valence-electron chi connectivity index (χ4n) is 3.50. The van der Waals surface area contributed by atoms with Crippen LogP contribution in [-0.4, -0.2) is 51.7 Å². The van der Waals surface area contributed by atoms with Crippen LogP contribution >= 0.6 is 7.37 Å². The summed E-state index contributed by atoms with van der Waals surface area (Å²) in [6.07, 6.45) is 3.54. The summed E-state index contributed by atoms with van der Waals surface area (Å²) >= 11 is 0. The second-order valence-corrected chi connectivity index (χ2v) is 9.63. The minimum absolute atomic E-state index is 0.0833.